The van der Waals surface area contributed by atoms with Gasteiger partial charge in [-0.2, -0.15) is 0 Å². The fraction of sp³-hybridized carbons (Fsp3) is 0.333. The number of nitrogens with zero attached hydrogens (tertiary/aromatic N) is 2. The summed E-state index contributed by atoms with van der Waals surface area (Å²) in [7, 11) is 0. The number of H-pyrrole nitrogens is 1. The zero-order valence-electron chi connectivity index (χ0n) is 14.5. The van der Waals surface area contributed by atoms with E-state index < -0.39 is 0 Å². The average molecular weight is 333 g/mol. The third-order valence-electron chi connectivity index (χ3n) is 4.89. The Labute approximate surface area is 147 Å². The molecule has 128 valence electrons. The van der Waals surface area contributed by atoms with E-state index in [-0.39, 0.29) is 5.56 Å². The van der Waals surface area contributed by atoms with Gasteiger partial charge in [0, 0.05) is 12.6 Å². The Morgan fingerprint density at radius 1 is 1.04 bits per heavy atom. The molecule has 0 unspecified atom stereocenters. The number of aryl methyl sites for hydroxylation is 1. The Hall–Kier alpha value is -2.46. The molecule has 0 amide bonds. The van der Waals surface area contributed by atoms with Crippen molar-refractivity contribution >= 4 is 10.9 Å². The number of hydrogen-bond acceptors (Lipinski definition) is 3. The van der Waals surface area contributed by atoms with E-state index in [1.54, 1.807) is 0 Å². The number of benzene rings is 2. The highest BCUT2D eigenvalue weighted by molar-refractivity contribution is 5.77. The lowest BCUT2D eigenvalue weighted by atomic mass is 10.1. The summed E-state index contributed by atoms with van der Waals surface area (Å²) in [6, 6.07) is 16.9. The van der Waals surface area contributed by atoms with E-state index in [1.807, 2.05) is 24.3 Å². The molecule has 1 saturated carbocycles. The zero-order valence-corrected chi connectivity index (χ0v) is 14.5. The third kappa shape index (κ3) is 3.64. The Bertz CT molecular complexity index is 926. The minimum absolute atomic E-state index is 0.0522. The van der Waals surface area contributed by atoms with Crippen LogP contribution in [0.2, 0.25) is 0 Å². The molecule has 25 heavy (non-hydrogen) atoms. The molecule has 3 aromatic rings. The van der Waals surface area contributed by atoms with Gasteiger partial charge in [-0.15, -0.1) is 0 Å². The van der Waals surface area contributed by atoms with E-state index >= 15 is 0 Å². The fourth-order valence-corrected chi connectivity index (χ4v) is 3.27. The molecule has 0 atom stereocenters. The molecule has 2 aromatic carbocycles. The fourth-order valence-electron chi connectivity index (χ4n) is 3.27. The molecule has 4 nitrogen and oxygen atoms in total. The van der Waals surface area contributed by atoms with Gasteiger partial charge in [-0.05, 0) is 42.5 Å². The zero-order chi connectivity index (χ0) is 17.2. The molecule has 1 heterocycles. The molecule has 0 saturated heterocycles. The maximum atomic E-state index is 12.3. The molecule has 1 aliphatic carbocycles. The van der Waals surface area contributed by atoms with Crippen molar-refractivity contribution in [2.75, 3.05) is 0 Å². The quantitative estimate of drug-likeness (QED) is 0.749. The first-order valence-corrected chi connectivity index (χ1v) is 9.02. The lowest BCUT2D eigenvalue weighted by Gasteiger charge is -2.21. The molecular weight excluding hydrogens is 310 g/mol. The van der Waals surface area contributed by atoms with Crippen molar-refractivity contribution in [3.05, 3.63) is 75.8 Å². The van der Waals surface area contributed by atoms with Crippen molar-refractivity contribution < 1.29 is 0 Å². The number of hydrogen-bond donors (Lipinski definition) is 1. The lowest BCUT2D eigenvalue weighted by molar-refractivity contribution is 0.239. The van der Waals surface area contributed by atoms with E-state index in [2.05, 4.69) is 46.1 Å². The number of aromatic nitrogens is 2. The van der Waals surface area contributed by atoms with Crippen LogP contribution in [0.25, 0.3) is 10.9 Å². The van der Waals surface area contributed by atoms with Gasteiger partial charge in [-0.25, -0.2) is 4.98 Å². The van der Waals surface area contributed by atoms with Crippen LogP contribution >= 0.6 is 0 Å². The number of fused-ring (bicyclic) bond motifs is 1. The van der Waals surface area contributed by atoms with Crippen LogP contribution in [0, 0.1) is 0 Å². The Morgan fingerprint density at radius 3 is 2.48 bits per heavy atom. The standard InChI is InChI=1S/C21H23N3O/c1-2-15-7-9-16(10-8-15)13-24(17-11-12-17)14-20-22-19-6-4-3-5-18(19)21(25)23-20/h3-10,17H,2,11-14H2,1H3,(H,22,23,25). The summed E-state index contributed by atoms with van der Waals surface area (Å²) in [5.74, 6) is 0.751. The van der Waals surface area contributed by atoms with E-state index in [9.17, 15) is 4.79 Å². The van der Waals surface area contributed by atoms with Gasteiger partial charge < -0.3 is 4.98 Å². The highest BCUT2D eigenvalue weighted by Gasteiger charge is 2.29. The highest BCUT2D eigenvalue weighted by Crippen LogP contribution is 2.29. The van der Waals surface area contributed by atoms with E-state index in [4.69, 9.17) is 0 Å². The predicted molar refractivity (Wildman–Crippen MR) is 100 cm³/mol. The Morgan fingerprint density at radius 2 is 1.76 bits per heavy atom. The molecule has 0 bridgehead atoms. The molecule has 1 N–H and O–H groups in total. The van der Waals surface area contributed by atoms with Gasteiger partial charge in [0.2, 0.25) is 0 Å². The first kappa shape index (κ1) is 16.0. The summed E-state index contributed by atoms with van der Waals surface area (Å²) in [6.45, 7) is 3.75. The summed E-state index contributed by atoms with van der Waals surface area (Å²) in [4.78, 5) is 22.3. The van der Waals surface area contributed by atoms with Crippen molar-refractivity contribution in [3.8, 4) is 0 Å². The van der Waals surface area contributed by atoms with E-state index in [1.165, 1.54) is 24.0 Å². The SMILES string of the molecule is CCc1ccc(CN(Cc2nc3ccccc3c(=O)[nH]2)C2CC2)cc1. The molecule has 0 radical (unpaired) electrons. The smallest absolute Gasteiger partial charge is 0.258 e. The van der Waals surface area contributed by atoms with Crippen LogP contribution in [-0.2, 0) is 19.5 Å². The summed E-state index contributed by atoms with van der Waals surface area (Å²) >= 11 is 0. The second-order valence-corrected chi connectivity index (χ2v) is 6.84. The molecule has 4 rings (SSSR count). The van der Waals surface area contributed by atoms with Gasteiger partial charge in [0.25, 0.3) is 5.56 Å². The maximum Gasteiger partial charge on any atom is 0.258 e. The van der Waals surface area contributed by atoms with Crippen LogP contribution in [0.1, 0.15) is 36.7 Å². The van der Waals surface area contributed by atoms with Crippen LogP contribution in [0.15, 0.2) is 53.3 Å². The van der Waals surface area contributed by atoms with Gasteiger partial charge in [-0.1, -0.05) is 43.3 Å². The van der Waals surface area contributed by atoms with Gasteiger partial charge in [0.15, 0.2) is 0 Å². The van der Waals surface area contributed by atoms with Crippen LogP contribution in [0.4, 0.5) is 0 Å². The minimum Gasteiger partial charge on any atom is -0.309 e. The van der Waals surface area contributed by atoms with Gasteiger partial charge >= 0.3 is 0 Å². The molecule has 0 spiro atoms. The van der Waals surface area contributed by atoms with Crippen molar-refractivity contribution in [1.82, 2.24) is 14.9 Å². The van der Waals surface area contributed by atoms with E-state index in [0.29, 0.717) is 18.0 Å². The molecule has 4 heteroatoms. The predicted octanol–water partition coefficient (Wildman–Crippen LogP) is 3.65. The summed E-state index contributed by atoms with van der Waals surface area (Å²) in [6.07, 6.45) is 3.52. The molecule has 1 aliphatic rings. The number of aromatic amines is 1. The van der Waals surface area contributed by atoms with Crippen LogP contribution < -0.4 is 5.56 Å². The molecule has 0 aliphatic heterocycles. The second kappa shape index (κ2) is 6.81. The van der Waals surface area contributed by atoms with Crippen molar-refractivity contribution in [2.45, 2.75) is 45.3 Å². The van der Waals surface area contributed by atoms with Gasteiger partial charge in [0.1, 0.15) is 5.82 Å². The van der Waals surface area contributed by atoms with Crippen LogP contribution in [0.3, 0.4) is 0 Å². The van der Waals surface area contributed by atoms with E-state index in [0.717, 1.165) is 24.3 Å². The average Bonchev–Trinajstić information content (AvgIpc) is 3.47. The number of rotatable bonds is 6. The largest absolute Gasteiger partial charge is 0.309 e. The third-order valence-corrected chi connectivity index (χ3v) is 4.89. The second-order valence-electron chi connectivity index (χ2n) is 6.84. The molecule has 1 fully saturated rings. The number of para-hydroxylation sites is 1. The van der Waals surface area contributed by atoms with Crippen molar-refractivity contribution in [1.29, 1.82) is 0 Å². The van der Waals surface area contributed by atoms with Crippen molar-refractivity contribution in [3.63, 3.8) is 0 Å². The first-order valence-electron chi connectivity index (χ1n) is 9.02. The van der Waals surface area contributed by atoms with Crippen molar-refractivity contribution in [2.24, 2.45) is 0 Å². The summed E-state index contributed by atoms with van der Waals surface area (Å²) < 4.78 is 0. The van der Waals surface area contributed by atoms with Crippen LogP contribution in [-0.4, -0.2) is 20.9 Å². The van der Waals surface area contributed by atoms with Gasteiger partial charge in [-0.3, -0.25) is 9.69 Å². The first-order chi connectivity index (χ1) is 12.2. The minimum atomic E-state index is -0.0522. The topological polar surface area (TPSA) is 49.0 Å². The maximum absolute atomic E-state index is 12.3. The van der Waals surface area contributed by atoms with Crippen LogP contribution in [0.5, 0.6) is 0 Å². The lowest BCUT2D eigenvalue weighted by Crippen LogP contribution is -2.27. The summed E-state index contributed by atoms with van der Waals surface area (Å²) in [5, 5.41) is 0.652. The monoisotopic (exact) mass is 333 g/mol. The Balaban J connectivity index is 1.56. The molecule has 1 aromatic heterocycles. The normalized spacial score (nSPS) is 14.3. The number of nitrogens with one attached hydrogen (secondary N) is 1. The summed E-state index contributed by atoms with van der Waals surface area (Å²) in [5.41, 5.74) is 3.39. The highest BCUT2D eigenvalue weighted by atomic mass is 16.1. The Kier molecular flexibility index (Phi) is 4.36. The molecular formula is C21H23N3O. The van der Waals surface area contributed by atoms with Gasteiger partial charge in [0.05, 0.1) is 17.4 Å².